The Balaban J connectivity index is 3.51. The molecule has 0 radical (unpaired) electrons. The fourth-order valence-electron chi connectivity index (χ4n) is 0.375. The maximum Gasteiger partial charge on any atom is 0.321 e. The molecule has 0 aliphatic rings. The van der Waals surface area contributed by atoms with Gasteiger partial charge in [-0.1, -0.05) is 6.08 Å². The Bertz CT molecular complexity index is 167. The van der Waals surface area contributed by atoms with Crippen LogP contribution < -0.4 is 10.6 Å². The molecule has 3 amide bonds. The van der Waals surface area contributed by atoms with Gasteiger partial charge in [-0.2, -0.15) is 0 Å². The van der Waals surface area contributed by atoms with E-state index in [0.717, 1.165) is 0 Å². The largest absolute Gasteiger partial charge is 0.387 e. The highest BCUT2D eigenvalue weighted by atomic mass is 16.3. The van der Waals surface area contributed by atoms with Crippen molar-refractivity contribution >= 4 is 11.9 Å². The van der Waals surface area contributed by atoms with Gasteiger partial charge in [0.15, 0.2) is 0 Å². The molecule has 0 saturated heterocycles. The summed E-state index contributed by atoms with van der Waals surface area (Å²) in [5.41, 5.74) is 0. The second kappa shape index (κ2) is 5.43. The van der Waals surface area contributed by atoms with Crippen LogP contribution in [0.3, 0.4) is 0 Å². The Morgan fingerprint density at radius 3 is 2.64 bits per heavy atom. The zero-order chi connectivity index (χ0) is 8.69. The number of amides is 3. The third kappa shape index (κ3) is 5.10. The van der Waals surface area contributed by atoms with E-state index in [1.54, 1.807) is 0 Å². The van der Waals surface area contributed by atoms with E-state index in [-0.39, 0.29) is 6.54 Å². The molecule has 5 heteroatoms. The maximum absolute atomic E-state index is 10.6. The van der Waals surface area contributed by atoms with Crippen LogP contribution in [0.1, 0.15) is 0 Å². The molecule has 0 aliphatic heterocycles. The molecule has 3 N–H and O–H groups in total. The van der Waals surface area contributed by atoms with Gasteiger partial charge in [0.25, 0.3) is 5.91 Å². The molecule has 0 aromatic rings. The molecular weight excluding hydrogens is 148 g/mol. The average molecular weight is 158 g/mol. The molecule has 0 aromatic carbocycles. The number of aliphatic hydroxyl groups is 1. The summed E-state index contributed by atoms with van der Waals surface area (Å²) in [5.74, 6) is -0.730. The number of carbonyl (C=O) groups is 2. The standard InChI is InChI=1S/C6H10N2O3/c1-2-3-7-6(11)8-5(10)4-9/h2,9H,1,3-4H2,(H2,7,8,10,11). The number of aliphatic hydroxyl groups excluding tert-OH is 1. The lowest BCUT2D eigenvalue weighted by Gasteiger charge is -2.01. The molecule has 0 unspecified atom stereocenters. The van der Waals surface area contributed by atoms with Crippen LogP contribution in [0.5, 0.6) is 0 Å². The Labute approximate surface area is 64.1 Å². The molecule has 62 valence electrons. The van der Waals surface area contributed by atoms with E-state index in [9.17, 15) is 9.59 Å². The predicted octanol–water partition coefficient (Wildman–Crippen LogP) is -1.01. The highest BCUT2D eigenvalue weighted by Gasteiger charge is 2.02. The molecule has 0 heterocycles. The van der Waals surface area contributed by atoms with E-state index in [1.165, 1.54) is 6.08 Å². The Kier molecular flexibility index (Phi) is 4.76. The number of rotatable bonds is 3. The van der Waals surface area contributed by atoms with Crippen LogP contribution in [0.15, 0.2) is 12.7 Å². The van der Waals surface area contributed by atoms with Gasteiger partial charge in [-0.25, -0.2) is 4.79 Å². The van der Waals surface area contributed by atoms with Crippen LogP contribution in [0.2, 0.25) is 0 Å². The summed E-state index contributed by atoms with van der Waals surface area (Å²) in [4.78, 5) is 20.9. The normalized spacial score (nSPS) is 8.45. The minimum Gasteiger partial charge on any atom is -0.387 e. The van der Waals surface area contributed by atoms with Crippen molar-refractivity contribution in [2.75, 3.05) is 13.2 Å². The molecule has 0 atom stereocenters. The van der Waals surface area contributed by atoms with Gasteiger partial charge >= 0.3 is 6.03 Å². The number of nitrogens with one attached hydrogen (secondary N) is 2. The van der Waals surface area contributed by atoms with Gasteiger partial charge in [0.1, 0.15) is 6.61 Å². The lowest BCUT2D eigenvalue weighted by atomic mass is 10.6. The van der Waals surface area contributed by atoms with E-state index < -0.39 is 18.5 Å². The molecule has 0 bridgehead atoms. The highest BCUT2D eigenvalue weighted by molar-refractivity contribution is 5.94. The van der Waals surface area contributed by atoms with Crippen molar-refractivity contribution in [1.82, 2.24) is 10.6 Å². The van der Waals surface area contributed by atoms with Gasteiger partial charge in [0.05, 0.1) is 0 Å². The molecule has 5 nitrogen and oxygen atoms in total. The fraction of sp³-hybridized carbons (Fsp3) is 0.333. The van der Waals surface area contributed by atoms with Crippen molar-refractivity contribution in [3.8, 4) is 0 Å². The lowest BCUT2D eigenvalue weighted by Crippen LogP contribution is -2.40. The summed E-state index contributed by atoms with van der Waals surface area (Å²) in [6.07, 6.45) is 1.48. The first-order valence-corrected chi connectivity index (χ1v) is 3.00. The van der Waals surface area contributed by atoms with E-state index in [2.05, 4.69) is 11.9 Å². The summed E-state index contributed by atoms with van der Waals surface area (Å²) in [6, 6.07) is -0.635. The topological polar surface area (TPSA) is 78.4 Å². The number of hydrogen-bond donors (Lipinski definition) is 3. The van der Waals surface area contributed by atoms with Crippen LogP contribution in [0.25, 0.3) is 0 Å². The van der Waals surface area contributed by atoms with E-state index in [0.29, 0.717) is 0 Å². The molecule has 11 heavy (non-hydrogen) atoms. The van der Waals surface area contributed by atoms with E-state index >= 15 is 0 Å². The quantitative estimate of drug-likeness (QED) is 0.460. The Hall–Kier alpha value is -1.36. The summed E-state index contributed by atoms with van der Waals surface area (Å²) in [6.45, 7) is 2.94. The second-order valence-electron chi connectivity index (χ2n) is 1.70. The van der Waals surface area contributed by atoms with Crippen LogP contribution >= 0.6 is 0 Å². The SMILES string of the molecule is C=CCNC(=O)NC(=O)CO. The number of carbonyl (C=O) groups excluding carboxylic acids is 2. The summed E-state index contributed by atoms with van der Waals surface area (Å²) >= 11 is 0. The van der Waals surface area contributed by atoms with Crippen LogP contribution in [0.4, 0.5) is 4.79 Å². The third-order valence-corrected chi connectivity index (χ3v) is 0.804. The number of imide groups is 1. The zero-order valence-electron chi connectivity index (χ0n) is 5.96. The van der Waals surface area contributed by atoms with Crippen LogP contribution in [-0.4, -0.2) is 30.2 Å². The fourth-order valence-corrected chi connectivity index (χ4v) is 0.375. The minimum atomic E-state index is -0.730. The van der Waals surface area contributed by atoms with Gasteiger partial charge in [-0.15, -0.1) is 6.58 Å². The van der Waals surface area contributed by atoms with Crippen molar-refractivity contribution < 1.29 is 14.7 Å². The van der Waals surface area contributed by atoms with Crippen molar-refractivity contribution in [2.45, 2.75) is 0 Å². The van der Waals surface area contributed by atoms with Gasteiger partial charge < -0.3 is 10.4 Å². The van der Waals surface area contributed by atoms with E-state index in [1.807, 2.05) is 5.32 Å². The van der Waals surface area contributed by atoms with E-state index in [4.69, 9.17) is 5.11 Å². The van der Waals surface area contributed by atoms with Crippen LogP contribution in [-0.2, 0) is 4.79 Å². The molecule has 0 spiro atoms. The molecule has 0 aromatic heterocycles. The molecule has 0 aliphatic carbocycles. The summed E-state index contributed by atoms with van der Waals surface area (Å²) in [7, 11) is 0. The lowest BCUT2D eigenvalue weighted by molar-refractivity contribution is -0.122. The second-order valence-corrected chi connectivity index (χ2v) is 1.70. The first-order chi connectivity index (χ1) is 5.20. The predicted molar refractivity (Wildman–Crippen MR) is 38.8 cm³/mol. The first-order valence-electron chi connectivity index (χ1n) is 3.00. The smallest absolute Gasteiger partial charge is 0.321 e. The molecule has 0 rings (SSSR count). The first kappa shape index (κ1) is 9.64. The van der Waals surface area contributed by atoms with Crippen molar-refractivity contribution in [3.05, 3.63) is 12.7 Å². The maximum atomic E-state index is 10.6. The average Bonchev–Trinajstić information content (AvgIpc) is 2.00. The number of hydrogen-bond acceptors (Lipinski definition) is 3. The van der Waals surface area contributed by atoms with Gasteiger partial charge in [-0.3, -0.25) is 10.1 Å². The Morgan fingerprint density at radius 1 is 1.55 bits per heavy atom. The number of urea groups is 1. The monoisotopic (exact) mass is 158 g/mol. The van der Waals surface area contributed by atoms with Crippen molar-refractivity contribution in [3.63, 3.8) is 0 Å². The molecule has 0 saturated carbocycles. The zero-order valence-corrected chi connectivity index (χ0v) is 5.96. The summed E-state index contributed by atoms with van der Waals surface area (Å²) < 4.78 is 0. The van der Waals surface area contributed by atoms with Crippen molar-refractivity contribution in [2.24, 2.45) is 0 Å². The Morgan fingerprint density at radius 2 is 2.18 bits per heavy atom. The summed E-state index contributed by atoms with van der Waals surface area (Å²) in [5, 5.41) is 12.4. The minimum absolute atomic E-state index is 0.282. The highest BCUT2D eigenvalue weighted by Crippen LogP contribution is 1.66. The van der Waals surface area contributed by atoms with Gasteiger partial charge in [0, 0.05) is 6.54 Å². The third-order valence-electron chi connectivity index (χ3n) is 0.804. The molecular formula is C6H10N2O3. The molecule has 0 fully saturated rings. The van der Waals surface area contributed by atoms with Crippen LogP contribution in [0, 0.1) is 0 Å². The van der Waals surface area contributed by atoms with Gasteiger partial charge in [-0.05, 0) is 0 Å². The van der Waals surface area contributed by atoms with Gasteiger partial charge in [0.2, 0.25) is 0 Å². The van der Waals surface area contributed by atoms with Crippen molar-refractivity contribution in [1.29, 1.82) is 0 Å².